The van der Waals surface area contributed by atoms with Gasteiger partial charge in [0, 0.05) is 23.7 Å². The molecule has 0 spiro atoms. The minimum absolute atomic E-state index is 0. The van der Waals surface area contributed by atoms with Crippen LogP contribution in [0.5, 0.6) is 0 Å². The smallest absolute Gasteiger partial charge is 0.269 e. The summed E-state index contributed by atoms with van der Waals surface area (Å²) in [5.74, 6) is -1.66. The van der Waals surface area contributed by atoms with Gasteiger partial charge in [0.1, 0.15) is 24.0 Å². The lowest BCUT2D eigenvalue weighted by Crippen LogP contribution is -2.45. The average Bonchev–Trinajstić information content (AvgIpc) is 2.68. The number of rotatable bonds is 6. The van der Waals surface area contributed by atoms with Crippen LogP contribution in [-0.2, 0) is 16.7 Å². The molecule has 1 aliphatic rings. The first-order chi connectivity index (χ1) is 14.1. The molecule has 0 unspecified atom stereocenters. The van der Waals surface area contributed by atoms with Crippen LogP contribution in [0.1, 0.15) is 39.2 Å². The normalized spacial score (nSPS) is 18.6. The maximum absolute atomic E-state index is 14.5. The summed E-state index contributed by atoms with van der Waals surface area (Å²) < 4.78 is 72.8. The molecule has 168 valence electrons. The highest BCUT2D eigenvalue weighted by atomic mass is 35.5. The summed E-state index contributed by atoms with van der Waals surface area (Å²) in [5.41, 5.74) is 2.90. The van der Waals surface area contributed by atoms with E-state index in [1.165, 1.54) is 13.0 Å². The molecule has 0 aliphatic carbocycles. The number of benzene rings is 1. The molecule has 1 aromatic carbocycles. The second kappa shape index (κ2) is 9.69. The maximum atomic E-state index is 14.5. The fraction of sp³-hybridized carbons (Fsp3) is 0.350. The molecular weight excluding hydrogens is 445 g/mol. The number of Topliss-reactive ketones (excluding diaryl/α,β-unsaturated/α-hetero) is 1. The van der Waals surface area contributed by atoms with E-state index in [-0.39, 0.29) is 53.7 Å². The van der Waals surface area contributed by atoms with Crippen molar-refractivity contribution in [2.45, 2.75) is 31.7 Å². The number of ether oxygens (including phenoxy) is 1. The largest absolute Gasteiger partial charge is 0.385 e. The van der Waals surface area contributed by atoms with E-state index in [4.69, 9.17) is 10.5 Å². The summed E-state index contributed by atoms with van der Waals surface area (Å²) in [6, 6.07) is 4.51. The van der Waals surface area contributed by atoms with Crippen LogP contribution in [0.25, 0.3) is 0 Å². The zero-order valence-corrected chi connectivity index (χ0v) is 17.1. The lowest BCUT2D eigenvalue weighted by Gasteiger charge is -2.33. The third kappa shape index (κ3) is 5.01. The van der Waals surface area contributed by atoms with E-state index in [2.05, 4.69) is 9.98 Å². The number of pyridine rings is 1. The highest BCUT2D eigenvalue weighted by molar-refractivity contribution is 5.97. The number of hydrogen-bond acceptors (Lipinski definition) is 5. The van der Waals surface area contributed by atoms with Gasteiger partial charge in [-0.05, 0) is 36.2 Å². The zero-order chi connectivity index (χ0) is 22.1. The van der Waals surface area contributed by atoms with Crippen molar-refractivity contribution in [3.8, 4) is 0 Å². The minimum Gasteiger partial charge on any atom is -0.385 e. The predicted molar refractivity (Wildman–Crippen MR) is 106 cm³/mol. The number of carbonyl (C=O) groups excluding carboxylic acids is 1. The maximum Gasteiger partial charge on any atom is 0.269 e. The molecule has 11 heteroatoms. The third-order valence-corrected chi connectivity index (χ3v) is 4.75. The predicted octanol–water partition coefficient (Wildman–Crippen LogP) is 4.16. The first-order valence-corrected chi connectivity index (χ1v) is 8.91. The van der Waals surface area contributed by atoms with Crippen LogP contribution in [0.15, 0.2) is 35.5 Å². The van der Waals surface area contributed by atoms with Gasteiger partial charge in [0.25, 0.3) is 12.9 Å². The van der Waals surface area contributed by atoms with Crippen molar-refractivity contribution in [2.75, 3.05) is 13.2 Å². The Kier molecular flexibility index (Phi) is 7.72. The first-order valence-electron chi connectivity index (χ1n) is 8.91. The lowest BCUT2D eigenvalue weighted by atomic mass is 9.88. The molecule has 0 amide bonds. The molecule has 0 fully saturated rings. The van der Waals surface area contributed by atoms with E-state index < -0.39 is 42.2 Å². The molecule has 5 nitrogen and oxygen atoms in total. The van der Waals surface area contributed by atoms with Gasteiger partial charge in [-0.25, -0.2) is 22.0 Å². The highest BCUT2D eigenvalue weighted by Crippen LogP contribution is 2.37. The second-order valence-corrected chi connectivity index (χ2v) is 6.97. The van der Waals surface area contributed by atoms with Gasteiger partial charge in [-0.3, -0.25) is 14.8 Å². The summed E-state index contributed by atoms with van der Waals surface area (Å²) in [4.78, 5) is 20.2. The van der Waals surface area contributed by atoms with Gasteiger partial charge in [-0.1, -0.05) is 6.07 Å². The van der Waals surface area contributed by atoms with Crippen LogP contribution >= 0.6 is 12.4 Å². The van der Waals surface area contributed by atoms with Crippen molar-refractivity contribution >= 4 is 24.0 Å². The molecule has 2 heterocycles. The number of alkyl halides is 4. The SMILES string of the molecule is Cc1cc(C(F)F)cnc1C(=O)Cc1ccc(F)c([C@]2(C(F)F)COCC(N)=N2)c1.Cl. The Labute approximate surface area is 180 Å². The summed E-state index contributed by atoms with van der Waals surface area (Å²) in [6.07, 6.45) is -5.23. The Bertz CT molecular complexity index is 1000. The summed E-state index contributed by atoms with van der Waals surface area (Å²) >= 11 is 0. The molecule has 1 atom stereocenters. The van der Waals surface area contributed by atoms with Crippen molar-refractivity contribution in [3.05, 3.63) is 64.2 Å². The van der Waals surface area contributed by atoms with Crippen molar-refractivity contribution in [3.63, 3.8) is 0 Å². The van der Waals surface area contributed by atoms with Crippen molar-refractivity contribution < 1.29 is 31.5 Å². The third-order valence-electron chi connectivity index (χ3n) is 4.75. The second-order valence-electron chi connectivity index (χ2n) is 6.97. The lowest BCUT2D eigenvalue weighted by molar-refractivity contribution is -0.0146. The molecule has 0 saturated heterocycles. The molecule has 31 heavy (non-hydrogen) atoms. The summed E-state index contributed by atoms with van der Waals surface area (Å²) in [7, 11) is 0. The van der Waals surface area contributed by atoms with E-state index >= 15 is 0 Å². The number of aliphatic imine (C=N–C) groups is 1. The van der Waals surface area contributed by atoms with Crippen molar-refractivity contribution in [2.24, 2.45) is 10.7 Å². The quantitative estimate of drug-likeness (QED) is 0.515. The van der Waals surface area contributed by atoms with Crippen molar-refractivity contribution in [1.29, 1.82) is 0 Å². The Balaban J connectivity index is 0.00000341. The van der Waals surface area contributed by atoms with E-state index in [9.17, 15) is 26.7 Å². The van der Waals surface area contributed by atoms with E-state index in [1.54, 1.807) is 0 Å². The molecule has 0 saturated carbocycles. The van der Waals surface area contributed by atoms with Crippen LogP contribution in [0.3, 0.4) is 0 Å². The summed E-state index contributed by atoms with van der Waals surface area (Å²) in [6.45, 7) is 0.744. The van der Waals surface area contributed by atoms with E-state index in [1.807, 2.05) is 0 Å². The number of hydrogen-bond donors (Lipinski definition) is 1. The number of ketones is 1. The molecule has 1 aliphatic heterocycles. The Hall–Kier alpha value is -2.59. The number of carbonyl (C=O) groups is 1. The van der Waals surface area contributed by atoms with Crippen LogP contribution in [0.4, 0.5) is 22.0 Å². The van der Waals surface area contributed by atoms with Gasteiger partial charge in [0.2, 0.25) is 0 Å². The molecule has 1 aromatic heterocycles. The number of aromatic nitrogens is 1. The number of halogens is 6. The van der Waals surface area contributed by atoms with Gasteiger partial charge >= 0.3 is 0 Å². The Morgan fingerprint density at radius 3 is 2.55 bits per heavy atom. The Morgan fingerprint density at radius 2 is 1.97 bits per heavy atom. The van der Waals surface area contributed by atoms with Crippen LogP contribution < -0.4 is 5.73 Å². The zero-order valence-electron chi connectivity index (χ0n) is 16.2. The molecule has 3 rings (SSSR count). The van der Waals surface area contributed by atoms with Gasteiger partial charge < -0.3 is 10.5 Å². The van der Waals surface area contributed by atoms with Gasteiger partial charge in [0.05, 0.1) is 6.61 Å². The fourth-order valence-corrected chi connectivity index (χ4v) is 3.29. The van der Waals surface area contributed by atoms with E-state index in [0.717, 1.165) is 24.4 Å². The molecule has 0 radical (unpaired) electrons. The number of nitrogens with two attached hydrogens (primary N) is 1. The summed E-state index contributed by atoms with van der Waals surface area (Å²) in [5, 5.41) is 0. The topological polar surface area (TPSA) is 77.6 Å². The number of aryl methyl sites for hydroxylation is 1. The van der Waals surface area contributed by atoms with Gasteiger partial charge in [-0.15, -0.1) is 12.4 Å². The molecule has 0 bridgehead atoms. The molecule has 2 N–H and O–H groups in total. The average molecular weight is 464 g/mol. The first kappa shape index (κ1) is 24.7. The number of amidine groups is 1. The molecule has 2 aromatic rings. The monoisotopic (exact) mass is 463 g/mol. The van der Waals surface area contributed by atoms with Gasteiger partial charge in [0.15, 0.2) is 11.3 Å². The standard InChI is InChI=1S/C20H18F5N3O2.ClH/c1-10-4-12(18(22)23)7-27-17(10)15(29)6-11-2-3-14(21)13(5-11)20(19(24)25)9-30-8-16(26)28-20;/h2-5,7,18-19H,6,8-9H2,1H3,(H2,26,28);1H/t20-;/m0./s1. The highest BCUT2D eigenvalue weighted by Gasteiger charge is 2.46. The Morgan fingerprint density at radius 1 is 1.26 bits per heavy atom. The van der Waals surface area contributed by atoms with E-state index in [0.29, 0.717) is 0 Å². The van der Waals surface area contributed by atoms with Crippen LogP contribution in [0, 0.1) is 12.7 Å². The van der Waals surface area contributed by atoms with Crippen LogP contribution in [0.2, 0.25) is 0 Å². The fourth-order valence-electron chi connectivity index (χ4n) is 3.29. The van der Waals surface area contributed by atoms with Crippen LogP contribution in [-0.4, -0.2) is 36.2 Å². The van der Waals surface area contributed by atoms with Gasteiger partial charge in [-0.2, -0.15) is 0 Å². The minimum atomic E-state index is -3.11. The van der Waals surface area contributed by atoms with Crippen molar-refractivity contribution in [1.82, 2.24) is 4.98 Å². The number of nitrogens with zero attached hydrogens (tertiary/aromatic N) is 2. The molecular formula is C20H19ClF5N3O2.